The summed E-state index contributed by atoms with van der Waals surface area (Å²) in [6.45, 7) is 5.15. The molecule has 0 spiro atoms. The molecular weight excluding hydrogens is 264 g/mol. The lowest BCUT2D eigenvalue weighted by atomic mass is 10.2. The van der Waals surface area contributed by atoms with Gasteiger partial charge in [0.05, 0.1) is 17.8 Å². The predicted molar refractivity (Wildman–Crippen MR) is 82.9 cm³/mol. The second kappa shape index (κ2) is 5.69. The first-order valence-electron chi connectivity index (χ1n) is 7.32. The molecule has 0 amide bonds. The topological polar surface area (TPSA) is 55.9 Å². The molecule has 5 heteroatoms. The van der Waals surface area contributed by atoms with Gasteiger partial charge in [-0.2, -0.15) is 5.10 Å². The number of hydrogen-bond donors (Lipinski definition) is 1. The van der Waals surface area contributed by atoms with Gasteiger partial charge in [0.1, 0.15) is 5.69 Å². The van der Waals surface area contributed by atoms with Gasteiger partial charge in [-0.25, -0.2) is 4.98 Å². The molecule has 2 heterocycles. The lowest BCUT2D eigenvalue weighted by Crippen LogP contribution is -2.19. The molecule has 1 aromatic carbocycles. The summed E-state index contributed by atoms with van der Waals surface area (Å²) in [5.41, 5.74) is 1.93. The van der Waals surface area contributed by atoms with Crippen LogP contribution in [-0.4, -0.2) is 21.3 Å². The van der Waals surface area contributed by atoms with E-state index >= 15 is 0 Å². The van der Waals surface area contributed by atoms with Gasteiger partial charge in [0, 0.05) is 12.4 Å². The highest BCUT2D eigenvalue weighted by Crippen LogP contribution is 2.28. The number of nitrogens with one attached hydrogen (secondary N) is 1. The fraction of sp³-hybridized carbons (Fsp3) is 0.375. The maximum atomic E-state index is 5.90. The third-order valence-corrected chi connectivity index (χ3v) is 3.59. The average Bonchev–Trinajstić information content (AvgIpc) is 3.10. The molecule has 110 valence electrons. The van der Waals surface area contributed by atoms with Crippen LogP contribution in [0.25, 0.3) is 22.4 Å². The van der Waals surface area contributed by atoms with Crippen molar-refractivity contribution < 1.29 is 4.42 Å². The Balaban J connectivity index is 1.95. The van der Waals surface area contributed by atoms with Crippen LogP contribution in [0.15, 0.2) is 34.9 Å². The van der Waals surface area contributed by atoms with Crippen LogP contribution in [-0.2, 0) is 7.05 Å². The second-order valence-electron chi connectivity index (χ2n) is 5.23. The molecule has 0 saturated carbocycles. The maximum Gasteiger partial charge on any atom is 0.211 e. The molecule has 5 nitrogen and oxygen atoms in total. The summed E-state index contributed by atoms with van der Waals surface area (Å²) in [7, 11) is 1.94. The first kappa shape index (κ1) is 13.8. The van der Waals surface area contributed by atoms with E-state index in [4.69, 9.17) is 4.42 Å². The van der Waals surface area contributed by atoms with Crippen LogP contribution in [0.3, 0.4) is 0 Å². The van der Waals surface area contributed by atoms with Crippen LogP contribution in [0.4, 0.5) is 0 Å². The third-order valence-electron chi connectivity index (χ3n) is 3.59. The highest BCUT2D eigenvalue weighted by atomic mass is 16.4. The molecule has 0 bridgehead atoms. The standard InChI is InChI=1S/C16H20N4O/c1-4-9-17-11(2)16-18-10-14(21-16)15-12-7-5-6-8-13(12)20(3)19-15/h5-8,10-11,17H,4,9H2,1-3H3. The summed E-state index contributed by atoms with van der Waals surface area (Å²) in [4.78, 5) is 4.38. The van der Waals surface area contributed by atoms with Gasteiger partial charge in [-0.1, -0.05) is 25.1 Å². The first-order valence-corrected chi connectivity index (χ1v) is 7.32. The van der Waals surface area contributed by atoms with Gasteiger partial charge >= 0.3 is 0 Å². The minimum atomic E-state index is 0.105. The molecule has 1 atom stereocenters. The van der Waals surface area contributed by atoms with Crippen LogP contribution >= 0.6 is 0 Å². The van der Waals surface area contributed by atoms with Crippen molar-refractivity contribution >= 4 is 10.9 Å². The summed E-state index contributed by atoms with van der Waals surface area (Å²) in [5.74, 6) is 1.42. The Kier molecular flexibility index (Phi) is 3.75. The van der Waals surface area contributed by atoms with E-state index in [1.807, 2.05) is 23.9 Å². The fourth-order valence-electron chi connectivity index (χ4n) is 2.44. The number of para-hydroxylation sites is 1. The van der Waals surface area contributed by atoms with Crippen molar-refractivity contribution in [2.45, 2.75) is 26.3 Å². The molecule has 0 aliphatic carbocycles. The van der Waals surface area contributed by atoms with Crippen LogP contribution in [0.5, 0.6) is 0 Å². The first-order chi connectivity index (χ1) is 10.2. The number of fused-ring (bicyclic) bond motifs is 1. The van der Waals surface area contributed by atoms with Gasteiger partial charge in [-0.05, 0) is 26.0 Å². The third kappa shape index (κ3) is 2.56. The van der Waals surface area contributed by atoms with Crippen molar-refractivity contribution in [2.24, 2.45) is 7.05 Å². The van der Waals surface area contributed by atoms with Gasteiger partial charge in [-0.15, -0.1) is 0 Å². The van der Waals surface area contributed by atoms with E-state index in [1.54, 1.807) is 6.20 Å². The fourth-order valence-corrected chi connectivity index (χ4v) is 2.44. The molecular formula is C16H20N4O. The highest BCUT2D eigenvalue weighted by Gasteiger charge is 2.17. The summed E-state index contributed by atoms with van der Waals surface area (Å²) >= 11 is 0. The quantitative estimate of drug-likeness (QED) is 0.781. The number of hydrogen-bond acceptors (Lipinski definition) is 4. The molecule has 1 N–H and O–H groups in total. The molecule has 3 rings (SSSR count). The number of aryl methyl sites for hydroxylation is 1. The Hall–Kier alpha value is -2.14. The van der Waals surface area contributed by atoms with Crippen LogP contribution < -0.4 is 5.32 Å². The van der Waals surface area contributed by atoms with Crippen molar-refractivity contribution in [3.05, 3.63) is 36.4 Å². The Bertz CT molecular complexity index is 744. The smallest absolute Gasteiger partial charge is 0.211 e. The predicted octanol–water partition coefficient (Wildman–Crippen LogP) is 3.29. The molecule has 3 aromatic rings. The molecule has 1 unspecified atom stereocenters. The van der Waals surface area contributed by atoms with Gasteiger partial charge in [-0.3, -0.25) is 4.68 Å². The van der Waals surface area contributed by atoms with E-state index in [2.05, 4.69) is 41.4 Å². The van der Waals surface area contributed by atoms with Gasteiger partial charge < -0.3 is 9.73 Å². The second-order valence-corrected chi connectivity index (χ2v) is 5.23. The van der Waals surface area contributed by atoms with Gasteiger partial charge in [0.25, 0.3) is 0 Å². The lowest BCUT2D eigenvalue weighted by Gasteiger charge is -2.08. The van der Waals surface area contributed by atoms with Crippen molar-refractivity contribution in [3.8, 4) is 11.5 Å². The number of rotatable bonds is 5. The van der Waals surface area contributed by atoms with Crippen LogP contribution in [0, 0.1) is 0 Å². The normalized spacial score (nSPS) is 12.9. The van der Waals surface area contributed by atoms with E-state index in [0.29, 0.717) is 11.7 Å². The minimum Gasteiger partial charge on any atom is -0.437 e. The largest absolute Gasteiger partial charge is 0.437 e. The van der Waals surface area contributed by atoms with E-state index < -0.39 is 0 Å². The van der Waals surface area contributed by atoms with Crippen LogP contribution in [0.2, 0.25) is 0 Å². The number of oxazole rings is 1. The molecule has 21 heavy (non-hydrogen) atoms. The zero-order valence-corrected chi connectivity index (χ0v) is 12.6. The van der Waals surface area contributed by atoms with Crippen molar-refractivity contribution in [3.63, 3.8) is 0 Å². The summed E-state index contributed by atoms with van der Waals surface area (Å²) in [5, 5.41) is 9.01. The number of nitrogens with zero attached hydrogens (tertiary/aromatic N) is 3. The van der Waals surface area contributed by atoms with E-state index in [1.165, 1.54) is 0 Å². The molecule has 0 fully saturated rings. The zero-order valence-electron chi connectivity index (χ0n) is 12.6. The number of aromatic nitrogens is 3. The average molecular weight is 284 g/mol. The molecule has 0 saturated heterocycles. The SMILES string of the molecule is CCCNC(C)c1ncc(-c2nn(C)c3ccccc23)o1. The summed E-state index contributed by atoms with van der Waals surface area (Å²) < 4.78 is 7.77. The van der Waals surface area contributed by atoms with Crippen molar-refractivity contribution in [1.82, 2.24) is 20.1 Å². The monoisotopic (exact) mass is 284 g/mol. The summed E-state index contributed by atoms with van der Waals surface area (Å²) in [6.07, 6.45) is 2.84. The van der Waals surface area contributed by atoms with E-state index in [-0.39, 0.29) is 6.04 Å². The van der Waals surface area contributed by atoms with E-state index in [9.17, 15) is 0 Å². The Morgan fingerprint density at radius 2 is 2.14 bits per heavy atom. The van der Waals surface area contributed by atoms with E-state index in [0.717, 1.165) is 29.6 Å². The highest BCUT2D eigenvalue weighted by molar-refractivity contribution is 5.91. The maximum absolute atomic E-state index is 5.90. The number of benzene rings is 1. The summed E-state index contributed by atoms with van der Waals surface area (Å²) in [6, 6.07) is 8.23. The zero-order chi connectivity index (χ0) is 14.8. The molecule has 0 aliphatic heterocycles. The van der Waals surface area contributed by atoms with Gasteiger partial charge in [0.2, 0.25) is 5.89 Å². The van der Waals surface area contributed by atoms with Gasteiger partial charge in [0.15, 0.2) is 5.76 Å². The van der Waals surface area contributed by atoms with Crippen LogP contribution in [0.1, 0.15) is 32.2 Å². The molecule has 0 aliphatic rings. The Morgan fingerprint density at radius 3 is 2.95 bits per heavy atom. The van der Waals surface area contributed by atoms with Crippen molar-refractivity contribution in [2.75, 3.05) is 6.54 Å². The van der Waals surface area contributed by atoms with Crippen molar-refractivity contribution in [1.29, 1.82) is 0 Å². The molecule has 2 aromatic heterocycles. The Morgan fingerprint density at radius 1 is 1.33 bits per heavy atom. The minimum absolute atomic E-state index is 0.105. The lowest BCUT2D eigenvalue weighted by molar-refractivity contribution is 0.422. The molecule has 0 radical (unpaired) electrons. The Labute approximate surface area is 124 Å².